The third-order valence-corrected chi connectivity index (χ3v) is 14.5. The number of nitrogens with one attached hydrogen (secondary N) is 2. The van der Waals surface area contributed by atoms with E-state index in [1.54, 1.807) is 28.7 Å². The number of β-amino-alcohol motifs (C(OH)–C–C–N with tert-alkyl or cyclic N) is 1. The van der Waals surface area contributed by atoms with Crippen LogP contribution in [0.15, 0.2) is 83.3 Å². The summed E-state index contributed by atoms with van der Waals surface area (Å²) in [5.74, 6) is -0.771. The molecule has 1 fully saturated rings. The molecule has 0 spiro atoms. The third kappa shape index (κ3) is 9.80. The molecule has 15 nitrogen and oxygen atoms in total. The molecule has 2 aliphatic heterocycles. The number of carboxylic acids is 1. The van der Waals surface area contributed by atoms with Crippen molar-refractivity contribution < 1.29 is 34.1 Å². The summed E-state index contributed by atoms with van der Waals surface area (Å²) in [6.45, 7) is 14.9. The molecule has 2 unspecified atom stereocenters. The number of aromatic nitrogens is 4. The van der Waals surface area contributed by atoms with Crippen LogP contribution in [-0.4, -0.2) is 95.6 Å². The van der Waals surface area contributed by atoms with Gasteiger partial charge in [-0.3, -0.25) is 28.7 Å². The van der Waals surface area contributed by atoms with Gasteiger partial charge in [-0.25, -0.2) is 4.98 Å². The Hall–Kier alpha value is -6.56. The largest absolute Gasteiger partial charge is 0.484 e. The number of aliphatic imine (C=N–C) groups is 1. The molecule has 3 aromatic carbocycles. The smallest absolute Gasteiger partial charge is 0.306 e. The fourth-order valence-electron chi connectivity index (χ4n) is 8.64. The molecule has 4 N–H and O–H groups in total. The number of aliphatic hydroxyl groups excluding tert-OH is 1. The highest BCUT2D eigenvalue weighted by Gasteiger charge is 2.45. The van der Waals surface area contributed by atoms with E-state index >= 15 is 0 Å². The number of aliphatic hydroxyl groups is 1. The van der Waals surface area contributed by atoms with Crippen molar-refractivity contribution >= 4 is 52.1 Å². The molecule has 6 aromatic rings. The van der Waals surface area contributed by atoms with Crippen LogP contribution in [0.2, 0.25) is 0 Å². The van der Waals surface area contributed by atoms with E-state index in [2.05, 4.69) is 32.7 Å². The van der Waals surface area contributed by atoms with E-state index in [4.69, 9.17) is 9.73 Å². The lowest BCUT2D eigenvalue weighted by Gasteiger charge is -2.35. The summed E-state index contributed by atoms with van der Waals surface area (Å²) in [5, 5.41) is 36.0. The number of nitrogens with zero attached hydrogens (tertiary/aromatic N) is 6. The SMILES string of the molecule is Cc1ncsc1-c1ccc(C(C)NC(=O)[C@@H]2C[C@@H](O)CN2C(=O)C(NC(=O)COc2cccc(-c3ccc(C4=N[C@@H](CC(=O)O)c5nnc(C)n5-c5sc(C)c(C)c54)cc3)c2)C(C)(C)C)cc1. The number of thiazole rings is 1. The average Bonchev–Trinajstić information content (AvgIpc) is 4.06. The predicted molar refractivity (Wildman–Crippen MR) is 258 cm³/mol. The van der Waals surface area contributed by atoms with Crippen LogP contribution in [0, 0.1) is 33.1 Å². The number of carbonyl (C=O) groups is 4. The van der Waals surface area contributed by atoms with Crippen LogP contribution in [0.25, 0.3) is 26.6 Å². The maximum atomic E-state index is 14.3. The number of thiophene rings is 1. The molecule has 0 aliphatic carbocycles. The number of benzene rings is 3. The normalized spacial score (nSPS) is 17.7. The van der Waals surface area contributed by atoms with Crippen molar-refractivity contribution in [3.05, 3.63) is 123 Å². The van der Waals surface area contributed by atoms with Crippen LogP contribution in [0.5, 0.6) is 5.75 Å². The standard InChI is InChI=1S/C50H54N8O7S2/c1-26-29(4)67-49-42(26)43(53-38(22-41(61)62)46-56-55-30(5)58(46)49)33-16-14-32(15-17-33)35-10-9-11-37(20-35)65-24-40(60)54-45(50(6,7)8)48(64)57-23-36(59)21-39(57)47(63)52-27(2)31-12-18-34(19-13-31)44-28(3)51-25-66-44/h9-20,25,27,36,38-39,45,59H,21-24H2,1-8H3,(H,52,63)(H,54,60)(H,61,62)/t27?,36-,38+,39+,45?/m1/s1. The lowest BCUT2D eigenvalue weighted by molar-refractivity contribution is -0.144. The lowest BCUT2D eigenvalue weighted by atomic mass is 9.85. The fraction of sp³-hybridized carbons (Fsp3) is 0.360. The molecule has 0 saturated carbocycles. The van der Waals surface area contributed by atoms with Gasteiger partial charge in [0.05, 0.1) is 40.4 Å². The lowest BCUT2D eigenvalue weighted by Crippen LogP contribution is -2.58. The van der Waals surface area contributed by atoms with E-state index in [-0.39, 0.29) is 37.9 Å². The molecule has 5 atom stereocenters. The van der Waals surface area contributed by atoms with Gasteiger partial charge in [0, 0.05) is 29.0 Å². The topological polar surface area (TPSA) is 201 Å². The molecular formula is C50H54N8O7S2. The van der Waals surface area contributed by atoms with Crippen molar-refractivity contribution in [3.8, 4) is 32.3 Å². The van der Waals surface area contributed by atoms with Crippen molar-refractivity contribution in [1.82, 2.24) is 35.3 Å². The minimum absolute atomic E-state index is 0.0437. The number of rotatable bonds is 13. The molecule has 5 heterocycles. The monoisotopic (exact) mass is 942 g/mol. The van der Waals surface area contributed by atoms with Gasteiger partial charge in [0.15, 0.2) is 12.4 Å². The molecule has 0 radical (unpaired) electrons. The first kappa shape index (κ1) is 47.0. The van der Waals surface area contributed by atoms with E-state index in [9.17, 15) is 29.4 Å². The van der Waals surface area contributed by atoms with E-state index in [1.807, 2.05) is 125 Å². The number of amides is 3. The van der Waals surface area contributed by atoms with Crippen LogP contribution in [-0.2, 0) is 19.2 Å². The van der Waals surface area contributed by atoms with Gasteiger partial charge in [-0.2, -0.15) is 0 Å². The highest BCUT2D eigenvalue weighted by Crippen LogP contribution is 2.40. The number of aryl methyl sites for hydroxylation is 3. The molecule has 0 bridgehead atoms. The van der Waals surface area contributed by atoms with Crippen LogP contribution in [0.3, 0.4) is 0 Å². The minimum Gasteiger partial charge on any atom is -0.484 e. The molecule has 17 heteroatoms. The van der Waals surface area contributed by atoms with E-state index in [0.717, 1.165) is 59.4 Å². The molecule has 2 aliphatic rings. The van der Waals surface area contributed by atoms with E-state index in [0.29, 0.717) is 23.1 Å². The zero-order valence-electron chi connectivity index (χ0n) is 38.7. The zero-order chi connectivity index (χ0) is 47.9. The van der Waals surface area contributed by atoms with Crippen molar-refractivity contribution in [2.24, 2.45) is 10.4 Å². The van der Waals surface area contributed by atoms with Gasteiger partial charge >= 0.3 is 5.97 Å². The summed E-state index contributed by atoms with van der Waals surface area (Å²) in [6, 6.07) is 20.0. The minimum atomic E-state index is -1.02. The molecule has 3 aromatic heterocycles. The summed E-state index contributed by atoms with van der Waals surface area (Å²) in [5.41, 5.74) is 9.13. The van der Waals surface area contributed by atoms with Crippen molar-refractivity contribution in [2.75, 3.05) is 13.2 Å². The van der Waals surface area contributed by atoms with Crippen LogP contribution >= 0.6 is 22.7 Å². The number of likely N-dealkylation sites (tertiary alicyclic amines) is 1. The van der Waals surface area contributed by atoms with E-state index in [1.165, 1.54) is 4.90 Å². The highest BCUT2D eigenvalue weighted by atomic mass is 32.1. The molecule has 348 valence electrons. The molecule has 1 saturated heterocycles. The zero-order valence-corrected chi connectivity index (χ0v) is 40.3. The van der Waals surface area contributed by atoms with Crippen molar-refractivity contribution in [1.29, 1.82) is 0 Å². The Labute approximate surface area is 397 Å². The van der Waals surface area contributed by atoms with Crippen LogP contribution in [0.4, 0.5) is 0 Å². The highest BCUT2D eigenvalue weighted by molar-refractivity contribution is 7.15. The Morgan fingerprint density at radius 1 is 0.910 bits per heavy atom. The summed E-state index contributed by atoms with van der Waals surface area (Å²) in [4.78, 5) is 66.5. The number of fused-ring (bicyclic) bond motifs is 3. The molecule has 3 amide bonds. The van der Waals surface area contributed by atoms with Crippen molar-refractivity contribution in [2.45, 2.75) is 98.5 Å². The second-order valence-corrected chi connectivity index (χ2v) is 20.3. The first-order chi connectivity index (χ1) is 31.9. The second kappa shape index (κ2) is 19.0. The van der Waals surface area contributed by atoms with Gasteiger partial charge in [0.2, 0.25) is 11.8 Å². The van der Waals surface area contributed by atoms with Gasteiger partial charge in [-0.1, -0.05) is 81.4 Å². The second-order valence-electron chi connectivity index (χ2n) is 18.3. The molecule has 8 rings (SSSR count). The Morgan fingerprint density at radius 3 is 2.28 bits per heavy atom. The average molecular weight is 943 g/mol. The Balaban J connectivity index is 0.927. The van der Waals surface area contributed by atoms with Gasteiger partial charge in [0.1, 0.15) is 34.7 Å². The van der Waals surface area contributed by atoms with Gasteiger partial charge in [0.25, 0.3) is 5.91 Å². The number of aliphatic carboxylic acids is 1. The summed E-state index contributed by atoms with van der Waals surface area (Å²) in [6.07, 6.45) is -1.07. The Bertz CT molecular complexity index is 2880. The molecular weight excluding hydrogens is 889 g/mol. The van der Waals surface area contributed by atoms with Crippen LogP contribution < -0.4 is 15.4 Å². The number of hydrogen-bond donors (Lipinski definition) is 4. The third-order valence-electron chi connectivity index (χ3n) is 12.4. The summed E-state index contributed by atoms with van der Waals surface area (Å²) >= 11 is 3.17. The Kier molecular flexibility index (Phi) is 13.3. The van der Waals surface area contributed by atoms with Crippen molar-refractivity contribution in [3.63, 3.8) is 0 Å². The predicted octanol–water partition coefficient (Wildman–Crippen LogP) is 7.47. The quantitative estimate of drug-likeness (QED) is 0.0900. The van der Waals surface area contributed by atoms with E-state index < -0.39 is 47.4 Å². The molecule has 67 heavy (non-hydrogen) atoms. The van der Waals surface area contributed by atoms with Gasteiger partial charge < -0.3 is 30.5 Å². The van der Waals surface area contributed by atoms with Crippen LogP contribution in [0.1, 0.15) is 97.1 Å². The maximum Gasteiger partial charge on any atom is 0.306 e. The van der Waals surface area contributed by atoms with Gasteiger partial charge in [-0.05, 0) is 80.0 Å². The first-order valence-corrected chi connectivity index (χ1v) is 23.8. The number of carbonyl (C=O) groups excluding carboxylic acids is 3. The maximum absolute atomic E-state index is 14.3. The summed E-state index contributed by atoms with van der Waals surface area (Å²) in [7, 11) is 0. The number of carboxylic acid groups (broad SMARTS) is 1. The number of hydrogen-bond acceptors (Lipinski definition) is 12. The fourth-order valence-corrected chi connectivity index (χ4v) is 10.7. The Morgan fingerprint density at radius 2 is 1.61 bits per heavy atom. The summed E-state index contributed by atoms with van der Waals surface area (Å²) < 4.78 is 7.91. The first-order valence-electron chi connectivity index (χ1n) is 22.1. The number of ether oxygens (including phenoxy) is 1. The van der Waals surface area contributed by atoms with Gasteiger partial charge in [-0.15, -0.1) is 32.9 Å².